The number of unbranched alkanes of at least 4 members (excludes halogenated alkanes) is 1. The zero-order valence-electron chi connectivity index (χ0n) is 13.4. The molecule has 5 nitrogen and oxygen atoms in total. The van der Waals surface area contributed by atoms with E-state index in [0.29, 0.717) is 5.95 Å². The molecular formula is C17H23N5. The number of aryl methyl sites for hydroxylation is 3. The topological polar surface area (TPSA) is 76.2 Å². The summed E-state index contributed by atoms with van der Waals surface area (Å²) < 4.78 is 0. The summed E-state index contributed by atoms with van der Waals surface area (Å²) in [5, 5.41) is 3.11. The van der Waals surface area contributed by atoms with Crippen molar-refractivity contribution >= 4 is 17.6 Å². The van der Waals surface area contributed by atoms with E-state index < -0.39 is 0 Å². The van der Waals surface area contributed by atoms with E-state index in [9.17, 15) is 0 Å². The number of hydrogen-bond donors (Lipinski definition) is 2. The molecule has 2 aromatic rings. The van der Waals surface area contributed by atoms with Crippen LogP contribution in [0.3, 0.4) is 0 Å². The highest BCUT2D eigenvalue weighted by Crippen LogP contribution is 2.18. The highest BCUT2D eigenvalue weighted by molar-refractivity contribution is 5.94. The van der Waals surface area contributed by atoms with Gasteiger partial charge in [-0.05, 0) is 49.9 Å². The second kappa shape index (κ2) is 7.54. The molecule has 0 aliphatic heterocycles. The summed E-state index contributed by atoms with van der Waals surface area (Å²) in [6.07, 6.45) is 5.19. The summed E-state index contributed by atoms with van der Waals surface area (Å²) in [5.74, 6) is 0.650. The van der Waals surface area contributed by atoms with Crippen LogP contribution >= 0.6 is 0 Å². The summed E-state index contributed by atoms with van der Waals surface area (Å²) in [7, 11) is 0. The minimum absolute atomic E-state index is 0.287. The Hall–Kier alpha value is -2.43. The van der Waals surface area contributed by atoms with Crippen molar-refractivity contribution in [3.8, 4) is 0 Å². The zero-order valence-corrected chi connectivity index (χ0v) is 13.4. The molecule has 0 fully saturated rings. The number of nitrogens with one attached hydrogen (secondary N) is 1. The fourth-order valence-corrected chi connectivity index (χ4v) is 2.17. The largest absolute Gasteiger partial charge is 0.369 e. The Morgan fingerprint density at radius 1 is 1.27 bits per heavy atom. The summed E-state index contributed by atoms with van der Waals surface area (Å²) in [6.45, 7) is 6.16. The Bertz CT molecular complexity index is 664. The Balaban J connectivity index is 2.09. The van der Waals surface area contributed by atoms with E-state index >= 15 is 0 Å². The van der Waals surface area contributed by atoms with Gasteiger partial charge in [0.15, 0.2) is 0 Å². The first-order chi connectivity index (χ1) is 10.6. The van der Waals surface area contributed by atoms with Crippen LogP contribution in [0, 0.1) is 13.8 Å². The summed E-state index contributed by atoms with van der Waals surface area (Å²) in [6, 6.07) is 8.18. The van der Waals surface area contributed by atoms with Crippen LogP contribution in [0.1, 0.15) is 36.6 Å². The maximum Gasteiger partial charge on any atom is 0.252 e. The first kappa shape index (κ1) is 15.9. The van der Waals surface area contributed by atoms with E-state index in [0.717, 1.165) is 23.4 Å². The van der Waals surface area contributed by atoms with Gasteiger partial charge in [0.2, 0.25) is 5.96 Å². The third-order valence-electron chi connectivity index (χ3n) is 3.38. The molecule has 1 heterocycles. The molecule has 0 bridgehead atoms. The Morgan fingerprint density at radius 2 is 2.09 bits per heavy atom. The molecule has 0 saturated heterocycles. The lowest BCUT2D eigenvalue weighted by Gasteiger charge is -2.10. The standard InChI is InChI=1S/C17H23N5/c1-4-5-6-14-7-8-15(12(2)11-14)21-16(18)22-17-19-10-9-13(3)20-17/h7-11H,4-6H2,1-3H3,(H3,18,19,20,21,22). The van der Waals surface area contributed by atoms with E-state index in [2.05, 4.69) is 46.3 Å². The van der Waals surface area contributed by atoms with Crippen LogP contribution < -0.4 is 11.1 Å². The Kier molecular flexibility index (Phi) is 5.47. The minimum Gasteiger partial charge on any atom is -0.369 e. The summed E-state index contributed by atoms with van der Waals surface area (Å²) in [5.41, 5.74) is 10.2. The normalized spacial score (nSPS) is 11.5. The van der Waals surface area contributed by atoms with Crippen LogP contribution in [0.2, 0.25) is 0 Å². The van der Waals surface area contributed by atoms with Crippen molar-refractivity contribution in [2.75, 3.05) is 5.32 Å². The monoisotopic (exact) mass is 297 g/mol. The average Bonchev–Trinajstić information content (AvgIpc) is 2.47. The molecule has 0 atom stereocenters. The van der Waals surface area contributed by atoms with Gasteiger partial charge in [0, 0.05) is 17.6 Å². The molecule has 0 aliphatic carbocycles. The molecule has 0 aliphatic rings. The molecule has 5 heteroatoms. The number of nitrogens with zero attached hydrogens (tertiary/aromatic N) is 3. The van der Waals surface area contributed by atoms with Crippen molar-refractivity contribution in [3.63, 3.8) is 0 Å². The molecule has 3 N–H and O–H groups in total. The van der Waals surface area contributed by atoms with Crippen LogP contribution in [-0.2, 0) is 6.42 Å². The molecular weight excluding hydrogens is 274 g/mol. The van der Waals surface area contributed by atoms with Crippen molar-refractivity contribution in [1.82, 2.24) is 9.97 Å². The molecule has 1 aromatic heterocycles. The molecule has 2 rings (SSSR count). The van der Waals surface area contributed by atoms with Crippen molar-refractivity contribution in [1.29, 1.82) is 0 Å². The maximum absolute atomic E-state index is 5.93. The lowest BCUT2D eigenvalue weighted by molar-refractivity contribution is 0.794. The number of benzene rings is 1. The van der Waals surface area contributed by atoms with E-state index in [4.69, 9.17) is 5.73 Å². The predicted molar refractivity (Wildman–Crippen MR) is 91.5 cm³/mol. The maximum atomic E-state index is 5.93. The van der Waals surface area contributed by atoms with Crippen molar-refractivity contribution in [2.24, 2.45) is 10.7 Å². The second-order valence-electron chi connectivity index (χ2n) is 5.37. The van der Waals surface area contributed by atoms with Gasteiger partial charge >= 0.3 is 0 Å². The highest BCUT2D eigenvalue weighted by atomic mass is 15.2. The number of nitrogens with two attached hydrogens (primary N) is 1. The van der Waals surface area contributed by atoms with E-state index in [1.54, 1.807) is 6.20 Å². The third-order valence-corrected chi connectivity index (χ3v) is 3.38. The number of guanidine groups is 1. The van der Waals surface area contributed by atoms with Gasteiger partial charge < -0.3 is 11.1 Å². The fourth-order valence-electron chi connectivity index (χ4n) is 2.17. The average molecular weight is 297 g/mol. The molecule has 22 heavy (non-hydrogen) atoms. The van der Waals surface area contributed by atoms with E-state index in [1.165, 1.54) is 18.4 Å². The fraction of sp³-hybridized carbons (Fsp3) is 0.353. The number of rotatable bonds is 5. The van der Waals surface area contributed by atoms with Crippen molar-refractivity contribution in [3.05, 3.63) is 47.3 Å². The lowest BCUT2D eigenvalue weighted by Crippen LogP contribution is -2.22. The van der Waals surface area contributed by atoms with Gasteiger partial charge in [-0.15, -0.1) is 0 Å². The number of aromatic nitrogens is 2. The van der Waals surface area contributed by atoms with Gasteiger partial charge in [0.1, 0.15) is 0 Å². The zero-order chi connectivity index (χ0) is 15.9. The molecule has 1 aromatic carbocycles. The number of hydrogen-bond acceptors (Lipinski definition) is 3. The van der Waals surface area contributed by atoms with Gasteiger partial charge in [0.25, 0.3) is 5.95 Å². The smallest absolute Gasteiger partial charge is 0.252 e. The molecule has 0 spiro atoms. The van der Waals surface area contributed by atoms with Crippen LogP contribution in [0.15, 0.2) is 35.5 Å². The van der Waals surface area contributed by atoms with Crippen molar-refractivity contribution in [2.45, 2.75) is 40.0 Å². The van der Waals surface area contributed by atoms with E-state index in [-0.39, 0.29) is 5.96 Å². The minimum atomic E-state index is 0.287. The van der Waals surface area contributed by atoms with E-state index in [1.807, 2.05) is 19.1 Å². The first-order valence-corrected chi connectivity index (χ1v) is 7.59. The Morgan fingerprint density at radius 3 is 2.77 bits per heavy atom. The molecule has 0 amide bonds. The van der Waals surface area contributed by atoms with Crippen LogP contribution in [0.5, 0.6) is 0 Å². The first-order valence-electron chi connectivity index (χ1n) is 7.59. The summed E-state index contributed by atoms with van der Waals surface area (Å²) >= 11 is 0. The summed E-state index contributed by atoms with van der Waals surface area (Å²) in [4.78, 5) is 12.5. The van der Waals surface area contributed by atoms with Crippen LogP contribution in [-0.4, -0.2) is 15.9 Å². The highest BCUT2D eigenvalue weighted by Gasteiger charge is 2.03. The number of anilines is 1. The second-order valence-corrected chi connectivity index (χ2v) is 5.37. The van der Waals surface area contributed by atoms with Gasteiger partial charge in [0.05, 0.1) is 0 Å². The van der Waals surface area contributed by atoms with Gasteiger partial charge in [-0.3, -0.25) is 0 Å². The van der Waals surface area contributed by atoms with Gasteiger partial charge in [-0.2, -0.15) is 4.99 Å². The third kappa shape index (κ3) is 4.55. The predicted octanol–water partition coefficient (Wildman–Crippen LogP) is 3.49. The molecule has 0 unspecified atom stereocenters. The van der Waals surface area contributed by atoms with Crippen LogP contribution in [0.25, 0.3) is 0 Å². The Labute approximate surface area is 131 Å². The molecule has 0 radical (unpaired) electrons. The van der Waals surface area contributed by atoms with Crippen molar-refractivity contribution < 1.29 is 0 Å². The van der Waals surface area contributed by atoms with Crippen LogP contribution in [0.4, 0.5) is 11.6 Å². The van der Waals surface area contributed by atoms with Gasteiger partial charge in [-0.1, -0.05) is 25.5 Å². The molecule has 0 saturated carbocycles. The number of aliphatic imine (C=N–C) groups is 1. The van der Waals surface area contributed by atoms with Gasteiger partial charge in [-0.25, -0.2) is 9.97 Å². The molecule has 116 valence electrons. The SMILES string of the molecule is CCCCc1ccc(NC(N)=Nc2nccc(C)n2)c(C)c1. The lowest BCUT2D eigenvalue weighted by atomic mass is 10.0. The quantitative estimate of drug-likeness (QED) is 0.654.